The van der Waals surface area contributed by atoms with Gasteiger partial charge in [0.25, 0.3) is 0 Å². The Morgan fingerprint density at radius 1 is 1.47 bits per heavy atom. The van der Waals surface area contributed by atoms with Crippen LogP contribution in [0.5, 0.6) is 5.75 Å². The molecule has 0 radical (unpaired) electrons. The number of methoxy groups -OCH3 is 1. The monoisotopic (exact) mass is 265 g/mol. The molecule has 0 saturated carbocycles. The molecule has 1 saturated heterocycles. The zero-order valence-corrected chi connectivity index (χ0v) is 11.2. The van der Waals surface area contributed by atoms with Crippen molar-refractivity contribution in [2.75, 3.05) is 19.5 Å². The van der Waals surface area contributed by atoms with E-state index in [0.717, 1.165) is 12.8 Å². The van der Waals surface area contributed by atoms with Crippen LogP contribution in [-0.4, -0.2) is 31.9 Å². The number of carbonyl (C=O) groups is 1. The highest BCUT2D eigenvalue weighted by molar-refractivity contribution is 5.98. The Kier molecular flexibility index (Phi) is 4.27. The van der Waals surface area contributed by atoms with Crippen LogP contribution in [0.15, 0.2) is 18.2 Å². The molecule has 104 valence electrons. The van der Waals surface area contributed by atoms with E-state index >= 15 is 0 Å². The molecular weight excluding hydrogens is 246 g/mol. The first-order chi connectivity index (χ1) is 9.11. The molecule has 2 rings (SSSR count). The van der Waals surface area contributed by atoms with E-state index < -0.39 is 5.97 Å². The van der Waals surface area contributed by atoms with Crippen molar-refractivity contribution < 1.29 is 19.0 Å². The lowest BCUT2D eigenvalue weighted by atomic mass is 10.1. The van der Waals surface area contributed by atoms with Gasteiger partial charge in [0.05, 0.1) is 19.3 Å². The van der Waals surface area contributed by atoms with Gasteiger partial charge >= 0.3 is 5.97 Å². The second kappa shape index (κ2) is 5.93. The lowest BCUT2D eigenvalue weighted by molar-refractivity contribution is 0.0257. The summed E-state index contributed by atoms with van der Waals surface area (Å²) in [5.74, 6) is -0.0520. The number of hydrogen-bond acceptors (Lipinski definition) is 5. The molecule has 19 heavy (non-hydrogen) atoms. The van der Waals surface area contributed by atoms with Crippen molar-refractivity contribution >= 4 is 11.7 Å². The summed E-state index contributed by atoms with van der Waals surface area (Å²) in [5, 5.41) is 0. The quantitative estimate of drug-likeness (QED) is 0.666. The minimum absolute atomic E-state index is 0.0712. The van der Waals surface area contributed by atoms with Gasteiger partial charge in [-0.25, -0.2) is 4.79 Å². The fourth-order valence-corrected chi connectivity index (χ4v) is 2.18. The lowest BCUT2D eigenvalue weighted by Gasteiger charge is -2.15. The second-order valence-electron chi connectivity index (χ2n) is 4.67. The average Bonchev–Trinajstić information content (AvgIpc) is 2.81. The number of nitrogen functional groups attached to an aromatic ring is 1. The van der Waals surface area contributed by atoms with Crippen molar-refractivity contribution in [3.05, 3.63) is 23.8 Å². The van der Waals surface area contributed by atoms with Gasteiger partial charge in [-0.05, 0) is 31.9 Å². The Labute approximate surface area is 112 Å². The molecule has 1 aliphatic heterocycles. The molecule has 1 aliphatic rings. The molecule has 0 aliphatic carbocycles. The Balaban J connectivity index is 2.07. The number of esters is 1. The largest absolute Gasteiger partial charge is 0.490 e. The van der Waals surface area contributed by atoms with Gasteiger partial charge in [-0.15, -0.1) is 0 Å². The average molecular weight is 265 g/mol. The predicted octanol–water partition coefficient (Wildman–Crippen LogP) is 2.00. The van der Waals surface area contributed by atoms with E-state index in [-0.39, 0.29) is 17.8 Å². The van der Waals surface area contributed by atoms with Crippen LogP contribution >= 0.6 is 0 Å². The van der Waals surface area contributed by atoms with Crippen LogP contribution < -0.4 is 10.5 Å². The van der Waals surface area contributed by atoms with E-state index in [1.54, 1.807) is 18.2 Å². The summed E-state index contributed by atoms with van der Waals surface area (Å²) in [6.07, 6.45) is 2.35. The van der Waals surface area contributed by atoms with Crippen LogP contribution in [0.2, 0.25) is 0 Å². The number of carbonyl (C=O) groups excluding carboxylic acids is 1. The molecule has 2 unspecified atom stereocenters. The van der Waals surface area contributed by atoms with Crippen LogP contribution in [-0.2, 0) is 9.47 Å². The highest BCUT2D eigenvalue weighted by Crippen LogP contribution is 2.27. The van der Waals surface area contributed by atoms with Gasteiger partial charge in [-0.3, -0.25) is 0 Å². The number of rotatable bonds is 4. The van der Waals surface area contributed by atoms with E-state index in [2.05, 4.69) is 0 Å². The molecule has 1 aromatic carbocycles. The Hall–Kier alpha value is -1.75. The Morgan fingerprint density at radius 2 is 2.26 bits per heavy atom. The van der Waals surface area contributed by atoms with E-state index in [1.165, 1.54) is 7.11 Å². The molecule has 1 heterocycles. The molecule has 0 aromatic heterocycles. The van der Waals surface area contributed by atoms with Crippen molar-refractivity contribution in [3.63, 3.8) is 0 Å². The van der Waals surface area contributed by atoms with E-state index in [9.17, 15) is 4.79 Å². The SMILES string of the molecule is COC(=O)c1c(N)cccc1OCC1CCC(C)O1. The van der Waals surface area contributed by atoms with Gasteiger partial charge in [0.1, 0.15) is 17.9 Å². The van der Waals surface area contributed by atoms with Crippen molar-refractivity contribution in [3.8, 4) is 5.75 Å². The van der Waals surface area contributed by atoms with Crippen LogP contribution in [0.25, 0.3) is 0 Å². The minimum Gasteiger partial charge on any atom is -0.490 e. The van der Waals surface area contributed by atoms with Crippen molar-refractivity contribution in [2.45, 2.75) is 32.0 Å². The summed E-state index contributed by atoms with van der Waals surface area (Å²) in [5.41, 5.74) is 6.42. The Bertz CT molecular complexity index is 461. The van der Waals surface area contributed by atoms with E-state index in [1.807, 2.05) is 6.92 Å². The molecule has 0 amide bonds. The fourth-order valence-electron chi connectivity index (χ4n) is 2.18. The number of anilines is 1. The number of ether oxygens (including phenoxy) is 3. The normalized spacial score (nSPS) is 22.2. The maximum absolute atomic E-state index is 11.7. The summed E-state index contributed by atoms with van der Waals surface area (Å²) < 4.78 is 16.1. The second-order valence-corrected chi connectivity index (χ2v) is 4.67. The third-order valence-electron chi connectivity index (χ3n) is 3.19. The molecule has 5 nitrogen and oxygen atoms in total. The maximum atomic E-state index is 11.7. The number of hydrogen-bond donors (Lipinski definition) is 1. The van der Waals surface area contributed by atoms with Crippen LogP contribution in [0.3, 0.4) is 0 Å². The van der Waals surface area contributed by atoms with Crippen molar-refractivity contribution in [1.82, 2.24) is 0 Å². The molecule has 2 atom stereocenters. The number of nitrogens with two attached hydrogens (primary N) is 1. The van der Waals surface area contributed by atoms with E-state index in [0.29, 0.717) is 18.0 Å². The molecular formula is C14H19NO4. The summed E-state index contributed by atoms with van der Waals surface area (Å²) in [7, 11) is 1.32. The van der Waals surface area contributed by atoms with Crippen molar-refractivity contribution in [2.24, 2.45) is 0 Å². The fraction of sp³-hybridized carbons (Fsp3) is 0.500. The zero-order chi connectivity index (χ0) is 13.8. The number of benzene rings is 1. The van der Waals surface area contributed by atoms with Gasteiger partial charge in [0, 0.05) is 5.69 Å². The van der Waals surface area contributed by atoms with Gasteiger partial charge in [0.2, 0.25) is 0 Å². The molecule has 0 spiro atoms. The lowest BCUT2D eigenvalue weighted by Crippen LogP contribution is -2.19. The van der Waals surface area contributed by atoms with Crippen LogP contribution in [0, 0.1) is 0 Å². The van der Waals surface area contributed by atoms with Crippen LogP contribution in [0.1, 0.15) is 30.1 Å². The summed E-state index contributed by atoms with van der Waals surface area (Å²) in [4.78, 5) is 11.7. The first kappa shape index (κ1) is 13.7. The summed E-state index contributed by atoms with van der Waals surface area (Å²) >= 11 is 0. The van der Waals surface area contributed by atoms with E-state index in [4.69, 9.17) is 19.9 Å². The molecule has 5 heteroatoms. The van der Waals surface area contributed by atoms with Gasteiger partial charge in [-0.1, -0.05) is 6.07 Å². The topological polar surface area (TPSA) is 70.8 Å². The molecule has 1 aromatic rings. The standard InChI is InChI=1S/C14H19NO4/c1-9-6-7-10(19-9)8-18-12-5-3-4-11(15)13(12)14(16)17-2/h3-5,9-10H,6-8,15H2,1-2H3. The van der Waals surface area contributed by atoms with Gasteiger partial charge in [0.15, 0.2) is 0 Å². The minimum atomic E-state index is -0.492. The molecule has 2 N–H and O–H groups in total. The smallest absolute Gasteiger partial charge is 0.343 e. The summed E-state index contributed by atoms with van der Waals surface area (Å²) in [6.45, 7) is 2.46. The zero-order valence-electron chi connectivity index (χ0n) is 11.2. The van der Waals surface area contributed by atoms with Gasteiger partial charge in [-0.2, -0.15) is 0 Å². The Morgan fingerprint density at radius 3 is 2.89 bits per heavy atom. The summed E-state index contributed by atoms with van der Waals surface area (Å²) in [6, 6.07) is 5.10. The third kappa shape index (κ3) is 3.17. The molecule has 0 bridgehead atoms. The highest BCUT2D eigenvalue weighted by atomic mass is 16.5. The molecule has 1 fully saturated rings. The first-order valence-corrected chi connectivity index (χ1v) is 6.37. The highest BCUT2D eigenvalue weighted by Gasteiger charge is 2.23. The first-order valence-electron chi connectivity index (χ1n) is 6.37. The van der Waals surface area contributed by atoms with Gasteiger partial charge < -0.3 is 19.9 Å². The maximum Gasteiger partial charge on any atom is 0.343 e. The van der Waals surface area contributed by atoms with Crippen molar-refractivity contribution in [1.29, 1.82) is 0 Å². The third-order valence-corrected chi connectivity index (χ3v) is 3.19. The predicted molar refractivity (Wildman–Crippen MR) is 71.3 cm³/mol. The van der Waals surface area contributed by atoms with Crippen LogP contribution in [0.4, 0.5) is 5.69 Å².